The van der Waals surface area contributed by atoms with Crippen LogP contribution in [0.2, 0.25) is 0 Å². The molecule has 0 aliphatic heterocycles. The topological polar surface area (TPSA) is 35.1 Å². The van der Waals surface area contributed by atoms with Gasteiger partial charge in [0.25, 0.3) is 0 Å². The first-order chi connectivity index (χ1) is 4.88. The predicted octanol–water partition coefficient (Wildman–Crippen LogP) is 1.02. The smallest absolute Gasteiger partial charge is 0.0117 e. The third kappa shape index (κ3) is 1.91. The molecule has 0 bridgehead atoms. The summed E-state index contributed by atoms with van der Waals surface area (Å²) in [7, 11) is -0.319. The van der Waals surface area contributed by atoms with Crippen molar-refractivity contribution in [1.29, 1.82) is 0 Å². The summed E-state index contributed by atoms with van der Waals surface area (Å²) in [5.41, 5.74) is 0. The zero-order valence-corrected chi connectivity index (χ0v) is 7.39. The van der Waals surface area contributed by atoms with Crippen molar-refractivity contribution in [3.05, 3.63) is 0 Å². The first kappa shape index (κ1) is 8.45. The van der Waals surface area contributed by atoms with Gasteiger partial charge in [-0.15, -0.1) is 8.96 Å². The van der Waals surface area contributed by atoms with Crippen LogP contribution >= 0.6 is 8.96 Å². The second-order valence-electron chi connectivity index (χ2n) is 2.95. The van der Waals surface area contributed by atoms with Crippen LogP contribution in [0, 0.1) is 5.92 Å². The summed E-state index contributed by atoms with van der Waals surface area (Å²) in [6, 6.07) is 0.542. The molecule has 0 aromatic rings. The molecule has 3 unspecified atom stereocenters. The lowest BCUT2D eigenvalue weighted by Crippen LogP contribution is -2.27. The molecule has 1 fully saturated rings. The van der Waals surface area contributed by atoms with Crippen LogP contribution in [0.4, 0.5) is 0 Å². The van der Waals surface area contributed by atoms with E-state index < -0.39 is 0 Å². The molecule has 60 valence electrons. The fraction of sp³-hybridized carbons (Fsp3) is 1.00. The highest BCUT2D eigenvalue weighted by molar-refractivity contribution is 7.26. The zero-order valence-electron chi connectivity index (χ0n) is 6.39. The van der Waals surface area contributed by atoms with E-state index in [0.717, 1.165) is 5.92 Å². The molecule has 10 heavy (non-hydrogen) atoms. The molecular formula is C7H15NOP-. The van der Waals surface area contributed by atoms with Crippen LogP contribution in [0.1, 0.15) is 32.6 Å². The molecule has 0 aromatic carbocycles. The highest BCUT2D eigenvalue weighted by atomic mass is 31.1. The molecule has 1 saturated carbocycles. The van der Waals surface area contributed by atoms with Crippen molar-refractivity contribution >= 4 is 8.96 Å². The molecule has 1 rings (SSSR count). The molecule has 0 aromatic heterocycles. The lowest BCUT2D eigenvalue weighted by Gasteiger charge is -2.21. The van der Waals surface area contributed by atoms with Crippen molar-refractivity contribution in [3.8, 4) is 0 Å². The van der Waals surface area contributed by atoms with E-state index in [-0.39, 0.29) is 8.96 Å². The lowest BCUT2D eigenvalue weighted by molar-refractivity contribution is -0.153. The minimum Gasteiger partial charge on any atom is -0.820 e. The van der Waals surface area contributed by atoms with E-state index in [1.165, 1.54) is 25.7 Å². The van der Waals surface area contributed by atoms with Crippen LogP contribution in [0.5, 0.6) is 0 Å². The van der Waals surface area contributed by atoms with Gasteiger partial charge in [-0.3, -0.25) is 0 Å². The Morgan fingerprint density at radius 3 is 3.00 bits per heavy atom. The first-order valence-corrected chi connectivity index (χ1v) is 4.92. The summed E-state index contributed by atoms with van der Waals surface area (Å²) in [6.07, 6.45) is 5.06. The number of hydrogen-bond acceptors (Lipinski definition) is 2. The summed E-state index contributed by atoms with van der Waals surface area (Å²) in [6.45, 7) is 2.21. The summed E-state index contributed by atoms with van der Waals surface area (Å²) in [5, 5.41) is 3.02. The maximum absolute atomic E-state index is 10.3. The van der Waals surface area contributed by atoms with Crippen molar-refractivity contribution in [1.82, 2.24) is 5.09 Å². The molecule has 1 N–H and O–H groups in total. The van der Waals surface area contributed by atoms with Crippen molar-refractivity contribution in [3.63, 3.8) is 0 Å². The van der Waals surface area contributed by atoms with Gasteiger partial charge in [0.05, 0.1) is 0 Å². The van der Waals surface area contributed by atoms with Gasteiger partial charge in [0.15, 0.2) is 0 Å². The summed E-state index contributed by atoms with van der Waals surface area (Å²) in [5.74, 6) is 0.779. The molecular weight excluding hydrogens is 145 g/mol. The van der Waals surface area contributed by atoms with Crippen LogP contribution in [-0.4, -0.2) is 6.04 Å². The summed E-state index contributed by atoms with van der Waals surface area (Å²) >= 11 is 0. The number of nitrogens with one attached hydrogen (secondary N) is 1. The molecule has 0 spiro atoms. The Bertz CT molecular complexity index is 99.6. The van der Waals surface area contributed by atoms with Gasteiger partial charge in [-0.2, -0.15) is 0 Å². The maximum atomic E-state index is 10.3. The molecule has 1 aliphatic rings. The van der Waals surface area contributed by atoms with Gasteiger partial charge in [0, 0.05) is 6.04 Å². The number of hydrogen-bond donors (Lipinski definition) is 1. The van der Waals surface area contributed by atoms with Gasteiger partial charge in [0.1, 0.15) is 0 Å². The fourth-order valence-electron chi connectivity index (χ4n) is 1.79. The lowest BCUT2D eigenvalue weighted by atomic mass is 10.0. The quantitative estimate of drug-likeness (QED) is 0.625. The zero-order chi connectivity index (χ0) is 7.40. The Balaban J connectivity index is 2.27. The summed E-state index contributed by atoms with van der Waals surface area (Å²) in [4.78, 5) is 10.3. The standard InChI is InChI=1S/C7H15NOP/c1-2-6-4-3-5-7(6)8-10-9/h6-8,10H,2-5H2,1H3/q-1. The largest absolute Gasteiger partial charge is 0.820 e. The molecule has 2 nitrogen and oxygen atoms in total. The molecule has 0 heterocycles. The second kappa shape index (κ2) is 4.27. The normalized spacial score (nSPS) is 34.2. The second-order valence-corrected chi connectivity index (χ2v) is 3.44. The van der Waals surface area contributed by atoms with Crippen LogP contribution in [-0.2, 0) is 0 Å². The van der Waals surface area contributed by atoms with Crippen LogP contribution in [0.25, 0.3) is 0 Å². The van der Waals surface area contributed by atoms with E-state index in [1.54, 1.807) is 0 Å². The molecule has 3 atom stereocenters. The van der Waals surface area contributed by atoms with Crippen LogP contribution < -0.4 is 9.98 Å². The van der Waals surface area contributed by atoms with Crippen molar-refractivity contribution in [2.75, 3.05) is 0 Å². The molecule has 0 saturated heterocycles. The van der Waals surface area contributed by atoms with E-state index in [1.807, 2.05) is 0 Å². The highest BCUT2D eigenvalue weighted by Crippen LogP contribution is 2.28. The Hall–Kier alpha value is 0.350. The predicted molar refractivity (Wildman–Crippen MR) is 42.9 cm³/mol. The van der Waals surface area contributed by atoms with E-state index in [2.05, 4.69) is 12.0 Å². The molecule has 0 amide bonds. The Kier molecular flexibility index (Phi) is 3.61. The molecule has 1 aliphatic carbocycles. The Labute approximate surface area is 64.3 Å². The minimum atomic E-state index is -0.319. The third-order valence-electron chi connectivity index (χ3n) is 2.43. The van der Waals surface area contributed by atoms with Gasteiger partial charge in [-0.05, 0) is 18.8 Å². The van der Waals surface area contributed by atoms with Gasteiger partial charge in [0.2, 0.25) is 0 Å². The average Bonchev–Trinajstić information content (AvgIpc) is 2.36. The number of rotatable bonds is 3. The highest BCUT2D eigenvalue weighted by Gasteiger charge is 2.23. The van der Waals surface area contributed by atoms with Gasteiger partial charge >= 0.3 is 0 Å². The van der Waals surface area contributed by atoms with Gasteiger partial charge in [-0.1, -0.05) is 19.8 Å². The van der Waals surface area contributed by atoms with Gasteiger partial charge < -0.3 is 9.98 Å². The van der Waals surface area contributed by atoms with E-state index in [4.69, 9.17) is 0 Å². The van der Waals surface area contributed by atoms with Crippen LogP contribution in [0.15, 0.2) is 0 Å². The monoisotopic (exact) mass is 160 g/mol. The molecule has 0 radical (unpaired) electrons. The first-order valence-electron chi connectivity index (χ1n) is 4.01. The van der Waals surface area contributed by atoms with E-state index in [0.29, 0.717) is 6.04 Å². The van der Waals surface area contributed by atoms with Gasteiger partial charge in [-0.25, -0.2) is 0 Å². The van der Waals surface area contributed by atoms with E-state index in [9.17, 15) is 4.89 Å². The van der Waals surface area contributed by atoms with Crippen molar-refractivity contribution in [2.24, 2.45) is 5.92 Å². The Morgan fingerprint density at radius 2 is 2.40 bits per heavy atom. The van der Waals surface area contributed by atoms with Crippen LogP contribution in [0.3, 0.4) is 0 Å². The van der Waals surface area contributed by atoms with Crippen molar-refractivity contribution in [2.45, 2.75) is 38.6 Å². The summed E-state index contributed by atoms with van der Waals surface area (Å²) < 4.78 is 0. The fourth-order valence-corrected chi connectivity index (χ4v) is 2.32. The minimum absolute atomic E-state index is 0.319. The van der Waals surface area contributed by atoms with Crippen molar-refractivity contribution < 1.29 is 4.89 Å². The SMILES string of the molecule is CCC1CCCC1NP[O-]. The Morgan fingerprint density at radius 1 is 1.60 bits per heavy atom. The van der Waals surface area contributed by atoms with E-state index >= 15 is 0 Å². The third-order valence-corrected chi connectivity index (χ3v) is 2.92. The molecule has 3 heteroatoms. The maximum Gasteiger partial charge on any atom is 0.0117 e. The average molecular weight is 160 g/mol.